The Morgan fingerprint density at radius 1 is 1.16 bits per heavy atom. The molecule has 0 radical (unpaired) electrons. The van der Waals surface area contributed by atoms with Gasteiger partial charge in [-0.1, -0.05) is 18.2 Å². The molecule has 4 aromatic rings. The van der Waals surface area contributed by atoms with E-state index >= 15 is 0 Å². The molecule has 4 rings (SSSR count). The van der Waals surface area contributed by atoms with E-state index in [1.165, 1.54) is 4.63 Å². The molecule has 1 N–H and O–H groups in total. The summed E-state index contributed by atoms with van der Waals surface area (Å²) in [6.07, 6.45) is 0. The van der Waals surface area contributed by atoms with E-state index in [2.05, 4.69) is 40.8 Å². The number of nitriles is 1. The van der Waals surface area contributed by atoms with Crippen LogP contribution in [0.2, 0.25) is 0 Å². The van der Waals surface area contributed by atoms with E-state index in [9.17, 15) is 5.26 Å². The van der Waals surface area contributed by atoms with Crippen molar-refractivity contribution in [3.8, 4) is 17.3 Å². The second-order valence-corrected chi connectivity index (χ2v) is 5.94. The van der Waals surface area contributed by atoms with Crippen LogP contribution in [0.5, 0.6) is 0 Å². The van der Waals surface area contributed by atoms with Crippen molar-refractivity contribution >= 4 is 28.0 Å². The molecule has 3 heterocycles. The van der Waals surface area contributed by atoms with Crippen molar-refractivity contribution in [2.24, 2.45) is 10.2 Å². The first-order valence-electron chi connectivity index (χ1n) is 7.32. The minimum Gasteiger partial charge on any atom is -0.273 e. The van der Waals surface area contributed by atoms with Crippen molar-refractivity contribution in [1.82, 2.24) is 29.2 Å². The van der Waals surface area contributed by atoms with Gasteiger partial charge in [0.1, 0.15) is 11.6 Å². The highest BCUT2D eigenvalue weighted by Gasteiger charge is 2.19. The van der Waals surface area contributed by atoms with Gasteiger partial charge in [-0.25, -0.2) is 9.97 Å². The molecule has 0 unspecified atom stereocenters. The first-order chi connectivity index (χ1) is 12.2. The van der Waals surface area contributed by atoms with Gasteiger partial charge in [0.15, 0.2) is 5.69 Å². The molecule has 122 valence electrons. The fourth-order valence-corrected chi connectivity index (χ4v) is 2.92. The average Bonchev–Trinajstić information content (AvgIpc) is 3.27. The predicted octanol–water partition coefficient (Wildman–Crippen LogP) is 3.48. The summed E-state index contributed by atoms with van der Waals surface area (Å²) in [5, 5.41) is 25.7. The number of nitrogens with one attached hydrogen (secondary N) is 1. The molecule has 0 amide bonds. The second kappa shape index (κ2) is 5.88. The zero-order chi connectivity index (χ0) is 17.4. The largest absolute Gasteiger partial charge is 0.273 e. The van der Waals surface area contributed by atoms with E-state index < -0.39 is 0 Å². The lowest BCUT2D eigenvalue weighted by Crippen LogP contribution is -1.89. The third kappa shape index (κ3) is 2.66. The molecule has 0 saturated carbocycles. The Morgan fingerprint density at radius 3 is 2.76 bits per heavy atom. The van der Waals surface area contributed by atoms with Crippen LogP contribution in [0.25, 0.3) is 16.9 Å². The van der Waals surface area contributed by atoms with Crippen molar-refractivity contribution in [2.75, 3.05) is 0 Å². The number of nitrogens with zero attached hydrogens (tertiary/aromatic N) is 8. The van der Waals surface area contributed by atoms with E-state index in [1.54, 1.807) is 19.9 Å². The lowest BCUT2D eigenvalue weighted by molar-refractivity contribution is 0.809. The van der Waals surface area contributed by atoms with Crippen molar-refractivity contribution in [3.05, 3.63) is 41.5 Å². The maximum Gasteiger partial charge on any atom is 0.249 e. The third-order valence-electron chi connectivity index (χ3n) is 3.45. The SMILES string of the molecule is Cc1nsc(N=Nc2c(-c3ccccc3C#N)[nH]n3nc(C)nc23)n1. The smallest absolute Gasteiger partial charge is 0.249 e. The lowest BCUT2D eigenvalue weighted by Gasteiger charge is -2.01. The summed E-state index contributed by atoms with van der Waals surface area (Å²) in [6.45, 7) is 3.58. The molecule has 0 spiro atoms. The zero-order valence-electron chi connectivity index (χ0n) is 13.3. The van der Waals surface area contributed by atoms with Crippen LogP contribution in [0.1, 0.15) is 17.2 Å². The van der Waals surface area contributed by atoms with Gasteiger partial charge in [0.25, 0.3) is 0 Å². The van der Waals surface area contributed by atoms with Gasteiger partial charge in [-0.15, -0.1) is 15.3 Å². The van der Waals surface area contributed by atoms with E-state index in [-0.39, 0.29) is 0 Å². The zero-order valence-corrected chi connectivity index (χ0v) is 14.1. The summed E-state index contributed by atoms with van der Waals surface area (Å²) in [5.41, 5.74) is 2.88. The molecule has 1 aromatic carbocycles. The first-order valence-corrected chi connectivity index (χ1v) is 8.10. The molecule has 0 aliphatic rings. The van der Waals surface area contributed by atoms with Gasteiger partial charge in [0.2, 0.25) is 10.8 Å². The topological polar surface area (TPSA) is 120 Å². The average molecular weight is 349 g/mol. The number of H-pyrrole nitrogens is 1. The summed E-state index contributed by atoms with van der Waals surface area (Å²) in [5.74, 6) is 1.25. The van der Waals surface area contributed by atoms with E-state index in [1.807, 2.05) is 18.2 Å². The number of hydrogen-bond acceptors (Lipinski definition) is 8. The molecule has 0 bridgehead atoms. The van der Waals surface area contributed by atoms with Crippen LogP contribution in [-0.4, -0.2) is 29.2 Å². The van der Waals surface area contributed by atoms with Gasteiger partial charge in [0, 0.05) is 17.1 Å². The predicted molar refractivity (Wildman–Crippen MR) is 91.0 cm³/mol. The number of aromatic amines is 1. The van der Waals surface area contributed by atoms with Crippen LogP contribution in [0.15, 0.2) is 34.5 Å². The minimum absolute atomic E-state index is 0.451. The number of rotatable bonds is 3. The highest BCUT2D eigenvalue weighted by atomic mass is 32.1. The molecular formula is C15H11N9S. The van der Waals surface area contributed by atoms with Crippen LogP contribution in [0.4, 0.5) is 10.8 Å². The number of aromatic nitrogens is 6. The summed E-state index contributed by atoms with van der Waals surface area (Å²) in [7, 11) is 0. The molecule has 0 saturated heterocycles. The van der Waals surface area contributed by atoms with Gasteiger partial charge in [-0.2, -0.15) is 14.3 Å². The first kappa shape index (κ1) is 15.1. The molecule has 0 atom stereocenters. The van der Waals surface area contributed by atoms with Crippen molar-refractivity contribution in [3.63, 3.8) is 0 Å². The summed E-state index contributed by atoms with van der Waals surface area (Å²) in [4.78, 5) is 8.56. The number of hydrogen-bond donors (Lipinski definition) is 1. The Kier molecular flexibility index (Phi) is 3.55. The summed E-state index contributed by atoms with van der Waals surface area (Å²) < 4.78 is 5.61. The Hall–Kier alpha value is -3.45. The third-order valence-corrected chi connectivity index (χ3v) is 4.14. The van der Waals surface area contributed by atoms with E-state index in [0.29, 0.717) is 44.9 Å². The molecule has 0 aliphatic heterocycles. The highest BCUT2D eigenvalue weighted by Crippen LogP contribution is 2.35. The van der Waals surface area contributed by atoms with Gasteiger partial charge < -0.3 is 0 Å². The quantitative estimate of drug-likeness (QED) is 0.568. The molecule has 3 aromatic heterocycles. The van der Waals surface area contributed by atoms with Crippen molar-refractivity contribution in [2.45, 2.75) is 13.8 Å². The number of benzene rings is 1. The minimum atomic E-state index is 0.451. The molecule has 9 nitrogen and oxygen atoms in total. The fourth-order valence-electron chi connectivity index (χ4n) is 2.42. The van der Waals surface area contributed by atoms with Crippen molar-refractivity contribution < 1.29 is 0 Å². The van der Waals surface area contributed by atoms with E-state index in [0.717, 1.165) is 11.5 Å². The highest BCUT2D eigenvalue weighted by molar-refractivity contribution is 7.09. The fraction of sp³-hybridized carbons (Fsp3) is 0.133. The Bertz CT molecular complexity index is 1140. The van der Waals surface area contributed by atoms with Gasteiger partial charge in [-0.3, -0.25) is 5.10 Å². The van der Waals surface area contributed by atoms with Crippen LogP contribution in [-0.2, 0) is 0 Å². The Balaban J connectivity index is 1.91. The monoisotopic (exact) mass is 349 g/mol. The Labute approximate surface area is 145 Å². The molecule has 0 fully saturated rings. The Morgan fingerprint density at radius 2 is 2.00 bits per heavy atom. The summed E-state index contributed by atoms with van der Waals surface area (Å²) >= 11 is 1.16. The van der Waals surface area contributed by atoms with Crippen LogP contribution in [0, 0.1) is 25.2 Å². The van der Waals surface area contributed by atoms with Crippen LogP contribution >= 0.6 is 11.5 Å². The molecule has 10 heteroatoms. The number of azo groups is 1. The second-order valence-electron chi connectivity index (χ2n) is 5.21. The van der Waals surface area contributed by atoms with Crippen LogP contribution in [0.3, 0.4) is 0 Å². The number of aryl methyl sites for hydroxylation is 2. The molecular weight excluding hydrogens is 338 g/mol. The van der Waals surface area contributed by atoms with Gasteiger partial charge in [-0.05, 0) is 19.9 Å². The normalized spacial score (nSPS) is 11.4. The van der Waals surface area contributed by atoms with E-state index in [4.69, 9.17) is 0 Å². The van der Waals surface area contributed by atoms with Gasteiger partial charge in [0.05, 0.1) is 17.3 Å². The molecule has 25 heavy (non-hydrogen) atoms. The molecule has 0 aliphatic carbocycles. The maximum absolute atomic E-state index is 9.38. The lowest BCUT2D eigenvalue weighted by atomic mass is 10.1. The van der Waals surface area contributed by atoms with Crippen molar-refractivity contribution in [1.29, 1.82) is 5.26 Å². The standard InChI is InChI=1S/C15H11N9S/c1-8-17-14-13(19-20-15-18-9(2)23-25-15)12(22-24(14)21-8)11-6-4-3-5-10(11)7-16/h3-6,22H,1-2H3. The van der Waals surface area contributed by atoms with Crippen LogP contribution < -0.4 is 0 Å². The number of fused-ring (bicyclic) bond motifs is 1. The van der Waals surface area contributed by atoms with Gasteiger partial charge >= 0.3 is 0 Å². The summed E-state index contributed by atoms with van der Waals surface area (Å²) in [6, 6.07) is 9.43. The maximum atomic E-state index is 9.38.